The summed E-state index contributed by atoms with van der Waals surface area (Å²) < 4.78 is 0. The van der Waals surface area contributed by atoms with Crippen LogP contribution in [0.3, 0.4) is 0 Å². The average molecular weight is 212 g/mol. The number of benzene rings is 2. The van der Waals surface area contributed by atoms with Crippen molar-refractivity contribution in [3.63, 3.8) is 0 Å². The molecule has 0 aliphatic carbocycles. The maximum absolute atomic E-state index is 10.1. The van der Waals surface area contributed by atoms with Crippen LogP contribution in [-0.2, 0) is 0 Å². The van der Waals surface area contributed by atoms with Crippen molar-refractivity contribution in [1.29, 1.82) is 0 Å². The zero-order chi connectivity index (χ0) is 11.7. The second-order valence-corrected chi connectivity index (χ2v) is 4.24. The molecule has 0 aliphatic heterocycles. The third kappa shape index (κ3) is 1.69. The fourth-order valence-corrected chi connectivity index (χ4v) is 2.10. The summed E-state index contributed by atoms with van der Waals surface area (Å²) in [5.74, 6) is 0.389. The van der Waals surface area contributed by atoms with Gasteiger partial charge < -0.3 is 5.11 Å². The molecule has 0 amide bonds. The number of aromatic hydroxyl groups is 1. The first kappa shape index (κ1) is 10.7. The predicted molar refractivity (Wildman–Crippen MR) is 67.8 cm³/mol. The summed E-state index contributed by atoms with van der Waals surface area (Å²) in [6.07, 6.45) is 0. The number of hydrogen-bond acceptors (Lipinski definition) is 1. The summed E-state index contributed by atoms with van der Waals surface area (Å²) in [5, 5.41) is 10.1. The zero-order valence-electron chi connectivity index (χ0n) is 9.91. The molecule has 0 aromatic heterocycles. The molecule has 0 bridgehead atoms. The molecule has 16 heavy (non-hydrogen) atoms. The van der Waals surface area contributed by atoms with Crippen molar-refractivity contribution in [3.05, 3.63) is 53.1 Å². The zero-order valence-corrected chi connectivity index (χ0v) is 9.91. The Morgan fingerprint density at radius 2 is 1.25 bits per heavy atom. The van der Waals surface area contributed by atoms with E-state index in [0.29, 0.717) is 5.75 Å². The van der Waals surface area contributed by atoms with E-state index < -0.39 is 0 Å². The average Bonchev–Trinajstić information content (AvgIpc) is 2.24. The number of hydrogen-bond donors (Lipinski definition) is 1. The molecule has 1 N–H and O–H groups in total. The van der Waals surface area contributed by atoms with E-state index in [-0.39, 0.29) is 0 Å². The molecule has 0 radical (unpaired) electrons. The van der Waals surface area contributed by atoms with Crippen molar-refractivity contribution >= 4 is 0 Å². The molecular weight excluding hydrogens is 196 g/mol. The molecule has 2 aromatic rings. The summed E-state index contributed by atoms with van der Waals surface area (Å²) >= 11 is 0. The quantitative estimate of drug-likeness (QED) is 0.758. The maximum atomic E-state index is 10.1. The van der Waals surface area contributed by atoms with Crippen molar-refractivity contribution in [3.8, 4) is 16.9 Å². The Hall–Kier alpha value is -1.76. The summed E-state index contributed by atoms with van der Waals surface area (Å²) in [7, 11) is 0. The fourth-order valence-electron chi connectivity index (χ4n) is 2.10. The molecule has 0 fully saturated rings. The highest BCUT2D eigenvalue weighted by molar-refractivity contribution is 5.76. The molecule has 0 saturated carbocycles. The number of phenolic OH excluding ortho intramolecular Hbond substituents is 1. The smallest absolute Gasteiger partial charge is 0.126 e. The largest absolute Gasteiger partial charge is 0.507 e. The van der Waals surface area contributed by atoms with Gasteiger partial charge in [-0.15, -0.1) is 0 Å². The van der Waals surface area contributed by atoms with Gasteiger partial charge in [0.05, 0.1) is 0 Å². The van der Waals surface area contributed by atoms with E-state index in [1.807, 2.05) is 31.2 Å². The summed E-state index contributed by atoms with van der Waals surface area (Å²) in [4.78, 5) is 0. The van der Waals surface area contributed by atoms with E-state index in [2.05, 4.69) is 26.0 Å². The van der Waals surface area contributed by atoms with Gasteiger partial charge in [0.25, 0.3) is 0 Å². The predicted octanol–water partition coefficient (Wildman–Crippen LogP) is 3.98. The van der Waals surface area contributed by atoms with Gasteiger partial charge in [-0.1, -0.05) is 36.4 Å². The molecule has 1 heteroatoms. The lowest BCUT2D eigenvalue weighted by molar-refractivity contribution is 0.473. The fraction of sp³-hybridized carbons (Fsp3) is 0.200. The van der Waals surface area contributed by atoms with Gasteiger partial charge in [-0.25, -0.2) is 0 Å². The van der Waals surface area contributed by atoms with E-state index in [1.165, 1.54) is 11.1 Å². The third-order valence-corrected chi connectivity index (χ3v) is 2.99. The summed E-state index contributed by atoms with van der Waals surface area (Å²) in [6.45, 7) is 6.07. The van der Waals surface area contributed by atoms with Crippen LogP contribution in [0.4, 0.5) is 0 Å². The van der Waals surface area contributed by atoms with E-state index in [9.17, 15) is 5.11 Å². The second kappa shape index (κ2) is 4.01. The molecule has 0 aliphatic rings. The first-order valence-corrected chi connectivity index (χ1v) is 5.46. The molecule has 0 atom stereocenters. The van der Waals surface area contributed by atoms with Crippen LogP contribution < -0.4 is 0 Å². The Morgan fingerprint density at radius 1 is 0.750 bits per heavy atom. The minimum atomic E-state index is 0.389. The second-order valence-electron chi connectivity index (χ2n) is 4.24. The van der Waals surface area contributed by atoms with Crippen molar-refractivity contribution in [2.45, 2.75) is 20.8 Å². The Labute approximate surface area is 96.4 Å². The molecule has 0 spiro atoms. The molecule has 0 heterocycles. The van der Waals surface area contributed by atoms with Crippen LogP contribution in [0.2, 0.25) is 0 Å². The van der Waals surface area contributed by atoms with E-state index >= 15 is 0 Å². The van der Waals surface area contributed by atoms with E-state index in [4.69, 9.17) is 0 Å². The molecular formula is C15H16O. The van der Waals surface area contributed by atoms with Crippen molar-refractivity contribution in [1.82, 2.24) is 0 Å². The minimum absolute atomic E-state index is 0.389. The molecule has 2 rings (SSSR count). The van der Waals surface area contributed by atoms with Gasteiger partial charge in [-0.3, -0.25) is 0 Å². The normalized spacial score (nSPS) is 10.4. The lowest BCUT2D eigenvalue weighted by Gasteiger charge is -2.12. The highest BCUT2D eigenvalue weighted by Gasteiger charge is 2.10. The molecule has 82 valence electrons. The van der Waals surface area contributed by atoms with Gasteiger partial charge in [-0.05, 0) is 43.0 Å². The Kier molecular flexibility index (Phi) is 2.69. The molecule has 2 aromatic carbocycles. The minimum Gasteiger partial charge on any atom is -0.507 e. The Morgan fingerprint density at radius 3 is 1.88 bits per heavy atom. The van der Waals surface area contributed by atoms with Gasteiger partial charge in [0.15, 0.2) is 0 Å². The van der Waals surface area contributed by atoms with Crippen LogP contribution in [0.1, 0.15) is 16.7 Å². The molecule has 1 nitrogen and oxygen atoms in total. The van der Waals surface area contributed by atoms with Crippen LogP contribution in [0.15, 0.2) is 36.4 Å². The van der Waals surface area contributed by atoms with Crippen LogP contribution in [0.25, 0.3) is 11.1 Å². The van der Waals surface area contributed by atoms with E-state index in [1.54, 1.807) is 0 Å². The van der Waals surface area contributed by atoms with Crippen molar-refractivity contribution in [2.75, 3.05) is 0 Å². The Balaban J connectivity index is 2.73. The van der Waals surface area contributed by atoms with Crippen molar-refractivity contribution in [2.24, 2.45) is 0 Å². The van der Waals surface area contributed by atoms with Gasteiger partial charge in [0.1, 0.15) is 5.75 Å². The van der Waals surface area contributed by atoms with Crippen LogP contribution in [0.5, 0.6) is 5.75 Å². The monoisotopic (exact) mass is 212 g/mol. The van der Waals surface area contributed by atoms with Gasteiger partial charge >= 0.3 is 0 Å². The first-order valence-electron chi connectivity index (χ1n) is 5.46. The SMILES string of the molecule is Cc1cccc(-c2c(C)cccc2C)c1O. The number of phenols is 1. The topological polar surface area (TPSA) is 20.2 Å². The molecule has 0 unspecified atom stereocenters. The van der Waals surface area contributed by atoms with E-state index in [0.717, 1.165) is 16.7 Å². The maximum Gasteiger partial charge on any atom is 0.126 e. The first-order chi connectivity index (χ1) is 7.61. The highest BCUT2D eigenvalue weighted by Crippen LogP contribution is 2.35. The lowest BCUT2D eigenvalue weighted by atomic mass is 9.94. The van der Waals surface area contributed by atoms with Gasteiger partial charge in [-0.2, -0.15) is 0 Å². The van der Waals surface area contributed by atoms with Crippen LogP contribution in [0, 0.1) is 20.8 Å². The van der Waals surface area contributed by atoms with Gasteiger partial charge in [0, 0.05) is 5.56 Å². The third-order valence-electron chi connectivity index (χ3n) is 2.99. The summed E-state index contributed by atoms with van der Waals surface area (Å²) in [6, 6.07) is 12.1. The standard InChI is InChI=1S/C15H16O/c1-10-6-4-7-11(2)14(10)13-9-5-8-12(3)15(13)16/h4-9,16H,1-3H3. The van der Waals surface area contributed by atoms with Crippen LogP contribution in [-0.4, -0.2) is 5.11 Å². The summed E-state index contributed by atoms with van der Waals surface area (Å²) in [5.41, 5.74) is 5.38. The number of para-hydroxylation sites is 1. The molecule has 0 saturated heterocycles. The number of rotatable bonds is 1. The number of aryl methyl sites for hydroxylation is 3. The van der Waals surface area contributed by atoms with Crippen molar-refractivity contribution < 1.29 is 5.11 Å². The lowest BCUT2D eigenvalue weighted by Crippen LogP contribution is -1.89. The van der Waals surface area contributed by atoms with Crippen LogP contribution >= 0.6 is 0 Å². The van der Waals surface area contributed by atoms with Gasteiger partial charge in [0.2, 0.25) is 0 Å². The highest BCUT2D eigenvalue weighted by atomic mass is 16.3. The Bertz CT molecular complexity index is 507.